The molecule has 0 heterocycles. The molecule has 1 amide bonds. The van der Waals surface area contributed by atoms with Crippen LogP contribution in [-0.4, -0.2) is 18.7 Å². The molecular weight excluding hydrogens is 349 g/mol. The fraction of sp³-hybridized carbons (Fsp3) is 0.176. The Hall–Kier alpha value is -2.01. The summed E-state index contributed by atoms with van der Waals surface area (Å²) >= 11 is 3.38. The normalized spacial score (nSPS) is 11.8. The van der Waals surface area contributed by atoms with Crippen molar-refractivity contribution in [1.29, 1.82) is 0 Å². The number of carbonyl (C=O) groups excluding carboxylic acids is 2. The number of para-hydroxylation sites is 1. The van der Waals surface area contributed by atoms with Gasteiger partial charge in [-0.3, -0.25) is 9.59 Å². The summed E-state index contributed by atoms with van der Waals surface area (Å²) in [6.07, 6.45) is 0. The quantitative estimate of drug-likeness (QED) is 0.606. The number of carbonyl (C=O) groups is 2. The Kier molecular flexibility index (Phi) is 5.08. The highest BCUT2D eigenvalue weighted by Gasteiger charge is 2.27. The lowest BCUT2D eigenvalue weighted by molar-refractivity contribution is -0.120. The first kappa shape index (κ1) is 16.4. The minimum Gasteiger partial charge on any atom is -0.314 e. The average molecular weight is 364 g/mol. The third-order valence-corrected chi connectivity index (χ3v) is 4.11. The molecule has 114 valence electrons. The van der Waals surface area contributed by atoms with Gasteiger partial charge in [0.05, 0.1) is 11.6 Å². The molecule has 0 unspecified atom stereocenters. The van der Waals surface area contributed by atoms with E-state index in [-0.39, 0.29) is 11.7 Å². The number of amides is 1. The van der Waals surface area contributed by atoms with Crippen LogP contribution in [0.4, 0.5) is 10.1 Å². The molecule has 5 heteroatoms. The number of rotatable bonds is 4. The summed E-state index contributed by atoms with van der Waals surface area (Å²) in [6.45, 7) is 1.56. The number of anilines is 1. The average Bonchev–Trinajstić information content (AvgIpc) is 2.53. The Balaban J connectivity index is 2.20. The Morgan fingerprint density at radius 1 is 1.09 bits per heavy atom. The standard InChI is InChI=1S/C17H15BrFNO2/c1-11(16(21)12-7-9-13(19)10-8-12)17(22)20(2)15-6-4-3-5-14(15)18/h3-11H,1-2H3/t11-/m0/s1. The van der Waals surface area contributed by atoms with Crippen molar-refractivity contribution in [2.75, 3.05) is 11.9 Å². The molecule has 3 nitrogen and oxygen atoms in total. The van der Waals surface area contributed by atoms with Gasteiger partial charge in [0.2, 0.25) is 5.91 Å². The van der Waals surface area contributed by atoms with Gasteiger partial charge in [0.25, 0.3) is 0 Å². The summed E-state index contributed by atoms with van der Waals surface area (Å²) in [5.41, 5.74) is 1.01. The van der Waals surface area contributed by atoms with E-state index in [4.69, 9.17) is 0 Å². The molecule has 2 aromatic carbocycles. The number of benzene rings is 2. The van der Waals surface area contributed by atoms with Crippen molar-refractivity contribution in [3.63, 3.8) is 0 Å². The second-order valence-corrected chi connectivity index (χ2v) is 5.80. The molecule has 0 aliphatic rings. The summed E-state index contributed by atoms with van der Waals surface area (Å²) in [7, 11) is 1.62. The number of halogens is 2. The minimum absolute atomic E-state index is 0.318. The van der Waals surface area contributed by atoms with Crippen LogP contribution in [-0.2, 0) is 4.79 Å². The van der Waals surface area contributed by atoms with Crippen LogP contribution >= 0.6 is 15.9 Å². The van der Waals surface area contributed by atoms with E-state index in [1.54, 1.807) is 20.0 Å². The minimum atomic E-state index is -0.845. The van der Waals surface area contributed by atoms with Crippen molar-refractivity contribution >= 4 is 33.3 Å². The van der Waals surface area contributed by atoms with Crippen LogP contribution in [0.2, 0.25) is 0 Å². The van der Waals surface area contributed by atoms with E-state index in [0.717, 1.165) is 4.47 Å². The number of nitrogens with zero attached hydrogens (tertiary/aromatic N) is 1. The molecule has 0 radical (unpaired) electrons. The van der Waals surface area contributed by atoms with Gasteiger partial charge < -0.3 is 4.90 Å². The molecule has 0 spiro atoms. The van der Waals surface area contributed by atoms with Gasteiger partial charge in [-0.1, -0.05) is 12.1 Å². The summed E-state index contributed by atoms with van der Waals surface area (Å²) in [6, 6.07) is 12.5. The molecule has 0 aliphatic heterocycles. The zero-order chi connectivity index (χ0) is 16.3. The lowest BCUT2D eigenvalue weighted by Crippen LogP contribution is -2.35. The second kappa shape index (κ2) is 6.83. The lowest BCUT2D eigenvalue weighted by Gasteiger charge is -2.22. The van der Waals surface area contributed by atoms with Crippen LogP contribution in [0.15, 0.2) is 53.0 Å². The summed E-state index contributed by atoms with van der Waals surface area (Å²) < 4.78 is 13.7. The SMILES string of the molecule is C[C@@H](C(=O)c1ccc(F)cc1)C(=O)N(C)c1ccccc1Br. The van der Waals surface area contributed by atoms with E-state index in [1.165, 1.54) is 29.2 Å². The molecular formula is C17H15BrFNO2. The molecule has 0 saturated carbocycles. The number of ketones is 1. The fourth-order valence-corrected chi connectivity index (χ4v) is 2.66. The van der Waals surface area contributed by atoms with Crippen molar-refractivity contribution in [2.45, 2.75) is 6.92 Å². The van der Waals surface area contributed by atoms with Gasteiger partial charge in [-0.25, -0.2) is 4.39 Å². The summed E-state index contributed by atoms with van der Waals surface area (Å²) in [5, 5.41) is 0. The highest BCUT2D eigenvalue weighted by Crippen LogP contribution is 2.26. The van der Waals surface area contributed by atoms with E-state index in [1.807, 2.05) is 18.2 Å². The van der Waals surface area contributed by atoms with Crippen molar-refractivity contribution < 1.29 is 14.0 Å². The smallest absolute Gasteiger partial charge is 0.237 e. The van der Waals surface area contributed by atoms with Crippen molar-refractivity contribution in [1.82, 2.24) is 0 Å². The largest absolute Gasteiger partial charge is 0.314 e. The Morgan fingerprint density at radius 2 is 1.68 bits per heavy atom. The van der Waals surface area contributed by atoms with Crippen LogP contribution in [0, 0.1) is 11.7 Å². The molecule has 1 atom stereocenters. The topological polar surface area (TPSA) is 37.4 Å². The van der Waals surface area contributed by atoms with Gasteiger partial charge in [0.15, 0.2) is 5.78 Å². The van der Waals surface area contributed by atoms with Gasteiger partial charge in [0, 0.05) is 17.1 Å². The van der Waals surface area contributed by atoms with Gasteiger partial charge in [-0.05, 0) is 59.3 Å². The third-order valence-electron chi connectivity index (χ3n) is 3.44. The van der Waals surface area contributed by atoms with Crippen LogP contribution < -0.4 is 4.90 Å². The zero-order valence-corrected chi connectivity index (χ0v) is 13.8. The first-order valence-electron chi connectivity index (χ1n) is 6.73. The van der Waals surface area contributed by atoms with Gasteiger partial charge in [0.1, 0.15) is 5.82 Å². The Morgan fingerprint density at radius 3 is 2.27 bits per heavy atom. The molecule has 22 heavy (non-hydrogen) atoms. The monoisotopic (exact) mass is 363 g/mol. The molecule has 0 bridgehead atoms. The molecule has 2 aromatic rings. The maximum Gasteiger partial charge on any atom is 0.237 e. The highest BCUT2D eigenvalue weighted by molar-refractivity contribution is 9.10. The molecule has 0 saturated heterocycles. The third kappa shape index (κ3) is 3.42. The second-order valence-electron chi connectivity index (χ2n) is 4.94. The number of Topliss-reactive ketones (excluding diaryl/α,β-unsaturated/α-hetero) is 1. The molecule has 0 aromatic heterocycles. The van der Waals surface area contributed by atoms with E-state index in [9.17, 15) is 14.0 Å². The van der Waals surface area contributed by atoms with E-state index in [2.05, 4.69) is 15.9 Å². The van der Waals surface area contributed by atoms with Crippen LogP contribution in [0.5, 0.6) is 0 Å². The van der Waals surface area contributed by atoms with Crippen molar-refractivity contribution in [3.05, 3.63) is 64.4 Å². The fourth-order valence-electron chi connectivity index (χ4n) is 2.11. The van der Waals surface area contributed by atoms with E-state index >= 15 is 0 Å². The van der Waals surface area contributed by atoms with E-state index < -0.39 is 11.7 Å². The maximum absolute atomic E-state index is 12.9. The van der Waals surface area contributed by atoms with Gasteiger partial charge in [-0.2, -0.15) is 0 Å². The molecule has 2 rings (SSSR count). The van der Waals surface area contributed by atoms with Crippen molar-refractivity contribution in [2.24, 2.45) is 5.92 Å². The van der Waals surface area contributed by atoms with Gasteiger partial charge >= 0.3 is 0 Å². The van der Waals surface area contributed by atoms with Crippen LogP contribution in [0.3, 0.4) is 0 Å². The summed E-state index contributed by atoms with van der Waals surface area (Å²) in [4.78, 5) is 26.3. The van der Waals surface area contributed by atoms with E-state index in [0.29, 0.717) is 11.3 Å². The van der Waals surface area contributed by atoms with Crippen LogP contribution in [0.1, 0.15) is 17.3 Å². The first-order chi connectivity index (χ1) is 10.4. The predicted octanol–water partition coefficient (Wildman–Crippen LogP) is 4.07. The molecule has 0 N–H and O–H groups in total. The van der Waals surface area contributed by atoms with Gasteiger partial charge in [-0.15, -0.1) is 0 Å². The molecule has 0 fully saturated rings. The highest BCUT2D eigenvalue weighted by atomic mass is 79.9. The van der Waals surface area contributed by atoms with Crippen molar-refractivity contribution in [3.8, 4) is 0 Å². The number of hydrogen-bond acceptors (Lipinski definition) is 2. The Labute approximate surface area is 136 Å². The lowest BCUT2D eigenvalue weighted by atomic mass is 9.98. The zero-order valence-electron chi connectivity index (χ0n) is 12.2. The predicted molar refractivity (Wildman–Crippen MR) is 87.4 cm³/mol. The number of hydrogen-bond donors (Lipinski definition) is 0. The first-order valence-corrected chi connectivity index (χ1v) is 7.53. The molecule has 0 aliphatic carbocycles. The van der Waals surface area contributed by atoms with Crippen LogP contribution in [0.25, 0.3) is 0 Å². The Bertz CT molecular complexity index is 700. The maximum atomic E-state index is 12.9. The summed E-state index contributed by atoms with van der Waals surface area (Å²) in [5.74, 6) is -1.91.